The normalized spacial score (nSPS) is 24.1. The molecule has 1 heterocycles. The molecule has 0 N–H and O–H groups in total. The van der Waals surface area contributed by atoms with Gasteiger partial charge in [-0.05, 0) is 49.0 Å². The molecule has 27 heavy (non-hydrogen) atoms. The highest BCUT2D eigenvalue weighted by molar-refractivity contribution is 6.13. The predicted octanol–water partition coefficient (Wildman–Crippen LogP) is 4.68. The van der Waals surface area contributed by atoms with Gasteiger partial charge in [-0.1, -0.05) is 49.6 Å². The van der Waals surface area contributed by atoms with Gasteiger partial charge in [0.25, 0.3) is 0 Å². The third-order valence-electron chi connectivity index (χ3n) is 5.43. The molecule has 4 rings (SSSR count). The zero-order valence-electron chi connectivity index (χ0n) is 15.5. The van der Waals surface area contributed by atoms with E-state index in [1.54, 1.807) is 6.08 Å². The molecule has 4 heteroatoms. The summed E-state index contributed by atoms with van der Waals surface area (Å²) in [5.41, 5.74) is 3.61. The zero-order valence-corrected chi connectivity index (χ0v) is 15.5. The fourth-order valence-electron chi connectivity index (χ4n) is 3.91. The first-order chi connectivity index (χ1) is 13.1. The Bertz CT molecular complexity index is 881. The number of nitrogens with zero attached hydrogens (tertiary/aromatic N) is 1. The molecule has 2 aliphatic carbocycles. The van der Waals surface area contributed by atoms with Gasteiger partial charge in [-0.25, -0.2) is 9.79 Å². The topological polar surface area (TPSA) is 55.7 Å². The molecule has 4 nitrogen and oxygen atoms in total. The summed E-state index contributed by atoms with van der Waals surface area (Å²) >= 11 is 0. The lowest BCUT2D eigenvalue weighted by Gasteiger charge is -2.23. The second-order valence-corrected chi connectivity index (χ2v) is 7.46. The van der Waals surface area contributed by atoms with Crippen molar-refractivity contribution in [2.45, 2.75) is 51.0 Å². The smallest absolute Gasteiger partial charge is 0.358 e. The van der Waals surface area contributed by atoms with E-state index in [-0.39, 0.29) is 11.5 Å². The summed E-state index contributed by atoms with van der Waals surface area (Å²) in [5, 5.41) is 0. The lowest BCUT2D eigenvalue weighted by Crippen LogP contribution is -2.31. The lowest BCUT2D eigenvalue weighted by molar-refractivity contribution is -0.140. The van der Waals surface area contributed by atoms with E-state index in [4.69, 9.17) is 4.74 Å². The Morgan fingerprint density at radius 2 is 1.89 bits per heavy atom. The van der Waals surface area contributed by atoms with E-state index in [9.17, 15) is 9.59 Å². The molecule has 3 aliphatic rings. The van der Waals surface area contributed by atoms with E-state index in [1.165, 1.54) is 43.7 Å². The van der Waals surface area contributed by atoms with Crippen LogP contribution < -0.4 is 0 Å². The van der Waals surface area contributed by atoms with Crippen LogP contribution in [-0.2, 0) is 9.53 Å². The molecule has 0 aromatic heterocycles. The van der Waals surface area contributed by atoms with Crippen molar-refractivity contribution in [3.8, 4) is 0 Å². The minimum Gasteiger partial charge on any atom is -0.447 e. The first kappa shape index (κ1) is 17.7. The molecule has 1 saturated carbocycles. The number of aliphatic imine (C=N–C) groups is 1. The van der Waals surface area contributed by atoms with Gasteiger partial charge in [-0.3, -0.25) is 4.79 Å². The van der Waals surface area contributed by atoms with Crippen molar-refractivity contribution >= 4 is 17.5 Å². The first-order valence-corrected chi connectivity index (χ1v) is 9.62. The lowest BCUT2D eigenvalue weighted by atomic mass is 9.84. The third-order valence-corrected chi connectivity index (χ3v) is 5.43. The number of carbonyl (C=O) groups is 2. The second-order valence-electron chi connectivity index (χ2n) is 7.46. The highest BCUT2D eigenvalue weighted by Gasteiger charge is 2.28. The van der Waals surface area contributed by atoms with Crippen LogP contribution in [-0.4, -0.2) is 23.6 Å². The number of ketones is 1. The Balaban J connectivity index is 1.53. The van der Waals surface area contributed by atoms with Crippen LogP contribution >= 0.6 is 0 Å². The summed E-state index contributed by atoms with van der Waals surface area (Å²) in [5.74, 6) is -0.187. The molecular weight excluding hydrogens is 338 g/mol. The van der Waals surface area contributed by atoms with Crippen LogP contribution in [0.3, 0.4) is 0 Å². The van der Waals surface area contributed by atoms with Crippen LogP contribution in [0.4, 0.5) is 0 Å². The number of hydrogen-bond acceptors (Lipinski definition) is 4. The molecule has 0 saturated heterocycles. The van der Waals surface area contributed by atoms with Crippen LogP contribution in [0.1, 0.15) is 60.9 Å². The van der Waals surface area contributed by atoms with Gasteiger partial charge in [0.1, 0.15) is 0 Å². The summed E-state index contributed by atoms with van der Waals surface area (Å²) in [7, 11) is 0. The van der Waals surface area contributed by atoms with Crippen molar-refractivity contribution in [3.63, 3.8) is 0 Å². The minimum atomic E-state index is -0.562. The van der Waals surface area contributed by atoms with Gasteiger partial charge in [0.05, 0.1) is 5.71 Å². The Hall–Kier alpha value is -2.75. The van der Waals surface area contributed by atoms with Crippen molar-refractivity contribution in [1.29, 1.82) is 0 Å². The van der Waals surface area contributed by atoms with E-state index in [0.717, 1.165) is 5.57 Å². The van der Waals surface area contributed by atoms with Gasteiger partial charge in [0.2, 0.25) is 0 Å². The van der Waals surface area contributed by atoms with E-state index in [1.807, 2.05) is 43.3 Å². The average molecular weight is 361 g/mol. The van der Waals surface area contributed by atoms with Crippen molar-refractivity contribution in [3.05, 3.63) is 71.0 Å². The fraction of sp³-hybridized carbons (Fsp3) is 0.348. The summed E-state index contributed by atoms with van der Waals surface area (Å²) in [6.07, 6.45) is 12.7. The molecule has 1 fully saturated rings. The Labute approximate surface area is 159 Å². The van der Waals surface area contributed by atoms with Crippen LogP contribution in [0.25, 0.3) is 0 Å². The Morgan fingerprint density at radius 3 is 2.63 bits per heavy atom. The highest BCUT2D eigenvalue weighted by Crippen LogP contribution is 2.32. The molecule has 0 spiro atoms. The van der Waals surface area contributed by atoms with Gasteiger partial charge < -0.3 is 4.74 Å². The maximum Gasteiger partial charge on any atom is 0.358 e. The van der Waals surface area contributed by atoms with E-state index >= 15 is 0 Å². The highest BCUT2D eigenvalue weighted by atomic mass is 16.5. The molecule has 0 amide bonds. The maximum atomic E-state index is 12.6. The van der Waals surface area contributed by atoms with Crippen molar-refractivity contribution in [2.75, 3.05) is 0 Å². The largest absolute Gasteiger partial charge is 0.447 e. The SMILES string of the molecule is CC1=CC2=N/C(=C\C(=O)c3ccc(C4CCCCC4)cc3)C(=O)OC2C=C1. The Morgan fingerprint density at radius 1 is 1.15 bits per heavy atom. The second kappa shape index (κ2) is 7.47. The maximum absolute atomic E-state index is 12.6. The average Bonchev–Trinajstić information content (AvgIpc) is 2.69. The quantitative estimate of drug-likeness (QED) is 0.446. The number of allylic oxidation sites excluding steroid dienone is 3. The minimum absolute atomic E-state index is 0.0574. The zero-order chi connectivity index (χ0) is 18.8. The molecule has 0 bridgehead atoms. The van der Waals surface area contributed by atoms with Crippen molar-refractivity contribution < 1.29 is 14.3 Å². The van der Waals surface area contributed by atoms with E-state index < -0.39 is 12.1 Å². The van der Waals surface area contributed by atoms with Crippen LogP contribution in [0.5, 0.6) is 0 Å². The molecule has 138 valence electrons. The molecule has 1 aliphatic heterocycles. The number of fused-ring (bicyclic) bond motifs is 1. The molecule has 1 unspecified atom stereocenters. The molecule has 0 radical (unpaired) electrons. The first-order valence-electron chi connectivity index (χ1n) is 9.62. The number of esters is 1. The van der Waals surface area contributed by atoms with Crippen LogP contribution in [0.15, 0.2) is 64.8 Å². The number of benzene rings is 1. The number of hydrogen-bond donors (Lipinski definition) is 0. The van der Waals surface area contributed by atoms with Crippen LogP contribution in [0, 0.1) is 0 Å². The number of rotatable bonds is 3. The number of carbonyl (C=O) groups excluding carboxylic acids is 2. The van der Waals surface area contributed by atoms with Gasteiger partial charge in [-0.15, -0.1) is 0 Å². The van der Waals surface area contributed by atoms with Crippen LogP contribution in [0.2, 0.25) is 0 Å². The van der Waals surface area contributed by atoms with Gasteiger partial charge in [-0.2, -0.15) is 0 Å². The summed E-state index contributed by atoms with van der Waals surface area (Å²) < 4.78 is 5.36. The standard InChI is InChI=1S/C23H23NO3/c1-15-7-12-22-19(13-15)24-20(23(26)27-22)14-21(25)18-10-8-17(9-11-18)16-5-3-2-4-6-16/h7-14,16,22H,2-6H2,1H3/b20-14-. The molecule has 1 aromatic carbocycles. The summed E-state index contributed by atoms with van der Waals surface area (Å²) in [6.45, 7) is 1.95. The predicted molar refractivity (Wildman–Crippen MR) is 105 cm³/mol. The summed E-state index contributed by atoms with van der Waals surface area (Å²) in [6, 6.07) is 7.78. The van der Waals surface area contributed by atoms with E-state index in [0.29, 0.717) is 17.2 Å². The molecular formula is C23H23NO3. The molecule has 1 atom stereocenters. The summed E-state index contributed by atoms with van der Waals surface area (Å²) in [4.78, 5) is 29.1. The van der Waals surface area contributed by atoms with Gasteiger partial charge in [0.15, 0.2) is 17.6 Å². The fourth-order valence-corrected chi connectivity index (χ4v) is 3.91. The van der Waals surface area contributed by atoms with E-state index in [2.05, 4.69) is 4.99 Å². The van der Waals surface area contributed by atoms with Gasteiger partial charge in [0, 0.05) is 11.6 Å². The van der Waals surface area contributed by atoms with Crippen molar-refractivity contribution in [1.82, 2.24) is 0 Å². The Kier molecular flexibility index (Phi) is 4.88. The van der Waals surface area contributed by atoms with Gasteiger partial charge >= 0.3 is 5.97 Å². The monoisotopic (exact) mass is 361 g/mol. The van der Waals surface area contributed by atoms with Crippen molar-refractivity contribution in [2.24, 2.45) is 4.99 Å². The number of ether oxygens (including phenoxy) is 1. The third kappa shape index (κ3) is 3.85. The molecule has 1 aromatic rings.